The van der Waals surface area contributed by atoms with E-state index in [1.807, 2.05) is 47.4 Å². The van der Waals surface area contributed by atoms with E-state index < -0.39 is 0 Å². The Kier molecular flexibility index (Phi) is 5.65. The number of fused-ring (bicyclic) bond motifs is 1. The van der Waals surface area contributed by atoms with Crippen LogP contribution in [-0.4, -0.2) is 53.8 Å². The van der Waals surface area contributed by atoms with Crippen molar-refractivity contribution in [3.8, 4) is 11.3 Å². The molecule has 3 aromatic rings. The van der Waals surface area contributed by atoms with Gasteiger partial charge in [-0.2, -0.15) is 5.10 Å². The number of carbonyl (C=O) groups is 1. The van der Waals surface area contributed by atoms with Crippen LogP contribution in [0.1, 0.15) is 6.42 Å². The van der Waals surface area contributed by atoms with Gasteiger partial charge in [0, 0.05) is 22.4 Å². The zero-order valence-electron chi connectivity index (χ0n) is 16.4. The summed E-state index contributed by atoms with van der Waals surface area (Å²) in [5.74, 6) is 0.0763. The Balaban J connectivity index is 1.64. The SMILES string of the molecule is C[NH+]1CCN(C(=O)CCn2nc(-c3ccc(Cl)cc3)c3ccccc3c2=O)CC1. The van der Waals surface area contributed by atoms with Crippen molar-refractivity contribution in [1.82, 2.24) is 14.7 Å². The average molecular weight is 412 g/mol. The molecule has 0 saturated carbocycles. The summed E-state index contributed by atoms with van der Waals surface area (Å²) in [5, 5.41) is 6.66. The number of benzene rings is 2. The van der Waals surface area contributed by atoms with Gasteiger partial charge in [0.25, 0.3) is 5.56 Å². The lowest BCUT2D eigenvalue weighted by atomic mass is 10.1. The number of quaternary nitrogens is 1. The van der Waals surface area contributed by atoms with E-state index in [2.05, 4.69) is 12.1 Å². The molecule has 0 spiro atoms. The number of halogens is 1. The summed E-state index contributed by atoms with van der Waals surface area (Å²) in [7, 11) is 2.14. The maximum Gasteiger partial charge on any atom is 0.274 e. The van der Waals surface area contributed by atoms with Crippen molar-refractivity contribution in [1.29, 1.82) is 0 Å². The van der Waals surface area contributed by atoms with E-state index in [-0.39, 0.29) is 24.4 Å². The second kappa shape index (κ2) is 8.35. The molecule has 1 aliphatic heterocycles. The quantitative estimate of drug-likeness (QED) is 0.707. The van der Waals surface area contributed by atoms with E-state index in [9.17, 15) is 9.59 Å². The fraction of sp³-hybridized carbons (Fsp3) is 0.318. The highest BCUT2D eigenvalue weighted by molar-refractivity contribution is 6.30. The predicted molar refractivity (Wildman–Crippen MR) is 114 cm³/mol. The van der Waals surface area contributed by atoms with Gasteiger partial charge in [-0.15, -0.1) is 0 Å². The van der Waals surface area contributed by atoms with Crippen molar-refractivity contribution in [2.24, 2.45) is 0 Å². The topological polar surface area (TPSA) is 59.6 Å². The maximum atomic E-state index is 12.9. The first-order valence-corrected chi connectivity index (χ1v) is 10.3. The van der Waals surface area contributed by atoms with Crippen molar-refractivity contribution in [3.05, 3.63) is 63.9 Å². The summed E-state index contributed by atoms with van der Waals surface area (Å²) >= 11 is 6.02. The van der Waals surface area contributed by atoms with Gasteiger partial charge in [-0.25, -0.2) is 4.68 Å². The van der Waals surface area contributed by atoms with Gasteiger partial charge < -0.3 is 9.80 Å². The number of aromatic nitrogens is 2. The van der Waals surface area contributed by atoms with Crippen LogP contribution in [0.15, 0.2) is 53.3 Å². The van der Waals surface area contributed by atoms with Gasteiger partial charge >= 0.3 is 0 Å². The number of aryl methyl sites for hydroxylation is 1. The van der Waals surface area contributed by atoms with Crippen LogP contribution in [0, 0.1) is 0 Å². The van der Waals surface area contributed by atoms with Crippen molar-refractivity contribution in [2.75, 3.05) is 33.2 Å². The van der Waals surface area contributed by atoms with Crippen LogP contribution in [0.25, 0.3) is 22.0 Å². The van der Waals surface area contributed by atoms with E-state index in [0.29, 0.717) is 16.1 Å². The van der Waals surface area contributed by atoms with Crippen LogP contribution in [0.5, 0.6) is 0 Å². The van der Waals surface area contributed by atoms with Gasteiger partial charge in [0.15, 0.2) is 0 Å². The Hall–Kier alpha value is -2.70. The molecule has 0 aliphatic carbocycles. The Morgan fingerprint density at radius 3 is 2.41 bits per heavy atom. The molecule has 1 aromatic heterocycles. The molecule has 7 heteroatoms. The minimum Gasteiger partial charge on any atom is -0.334 e. The number of nitrogens with one attached hydrogen (secondary N) is 1. The molecule has 2 aromatic carbocycles. The van der Waals surface area contributed by atoms with Crippen molar-refractivity contribution < 1.29 is 9.69 Å². The second-order valence-electron chi connectivity index (χ2n) is 7.52. The standard InChI is InChI=1S/C22H23ClN4O2/c1-25-12-14-26(15-13-25)20(28)10-11-27-22(29)19-5-3-2-4-18(19)21(24-27)16-6-8-17(23)9-7-16/h2-9H,10-15H2,1H3/p+1. The molecular weight excluding hydrogens is 388 g/mol. The Bertz CT molecular complexity index is 1090. The van der Waals surface area contributed by atoms with E-state index in [1.54, 1.807) is 6.07 Å². The molecule has 1 aliphatic rings. The largest absolute Gasteiger partial charge is 0.334 e. The van der Waals surface area contributed by atoms with Gasteiger partial charge in [-0.1, -0.05) is 41.9 Å². The fourth-order valence-corrected chi connectivity index (χ4v) is 3.83. The summed E-state index contributed by atoms with van der Waals surface area (Å²) in [6.45, 7) is 3.71. The molecule has 29 heavy (non-hydrogen) atoms. The monoisotopic (exact) mass is 411 g/mol. The van der Waals surface area contributed by atoms with Crippen molar-refractivity contribution in [2.45, 2.75) is 13.0 Å². The van der Waals surface area contributed by atoms with Crippen LogP contribution in [-0.2, 0) is 11.3 Å². The molecule has 0 radical (unpaired) electrons. The summed E-state index contributed by atoms with van der Waals surface area (Å²) < 4.78 is 1.42. The number of hydrogen-bond donors (Lipinski definition) is 1. The molecule has 1 fully saturated rings. The third-order valence-corrected chi connectivity index (χ3v) is 5.74. The van der Waals surface area contributed by atoms with Crippen molar-refractivity contribution in [3.63, 3.8) is 0 Å². The molecule has 0 unspecified atom stereocenters. The third kappa shape index (κ3) is 4.18. The second-order valence-corrected chi connectivity index (χ2v) is 7.95. The Morgan fingerprint density at radius 1 is 1.07 bits per heavy atom. The summed E-state index contributed by atoms with van der Waals surface area (Å²) in [6.07, 6.45) is 0.268. The molecule has 2 heterocycles. The lowest BCUT2D eigenvalue weighted by Crippen LogP contribution is -3.12. The Labute approximate surface area is 174 Å². The molecule has 6 nitrogen and oxygen atoms in total. The lowest BCUT2D eigenvalue weighted by Gasteiger charge is -2.30. The zero-order chi connectivity index (χ0) is 20.4. The number of hydrogen-bond acceptors (Lipinski definition) is 3. The summed E-state index contributed by atoms with van der Waals surface area (Å²) in [4.78, 5) is 28.9. The highest BCUT2D eigenvalue weighted by Crippen LogP contribution is 2.25. The smallest absolute Gasteiger partial charge is 0.274 e. The van der Waals surface area contributed by atoms with Crippen LogP contribution in [0.3, 0.4) is 0 Å². The molecular formula is C22H24ClN4O2+. The van der Waals surface area contributed by atoms with Crippen molar-refractivity contribution >= 4 is 28.3 Å². The first kappa shape index (κ1) is 19.6. The number of likely N-dealkylation sites (N-methyl/N-ethyl adjacent to an activating group) is 1. The van der Waals surface area contributed by atoms with Gasteiger partial charge in [0.05, 0.1) is 50.9 Å². The van der Waals surface area contributed by atoms with E-state index in [0.717, 1.165) is 37.1 Å². The number of carbonyl (C=O) groups excluding carboxylic acids is 1. The van der Waals surface area contributed by atoms with Crippen LogP contribution < -0.4 is 10.5 Å². The predicted octanol–water partition coefficient (Wildman–Crippen LogP) is 1.46. The minimum absolute atomic E-state index is 0.0763. The van der Waals surface area contributed by atoms with Crippen LogP contribution >= 0.6 is 11.6 Å². The molecule has 0 bridgehead atoms. The van der Waals surface area contributed by atoms with E-state index in [1.165, 1.54) is 9.58 Å². The van der Waals surface area contributed by atoms with Gasteiger partial charge in [-0.05, 0) is 18.2 Å². The molecule has 1 N–H and O–H groups in total. The normalized spacial score (nSPS) is 15.0. The zero-order valence-corrected chi connectivity index (χ0v) is 17.2. The fourth-order valence-electron chi connectivity index (χ4n) is 3.71. The highest BCUT2D eigenvalue weighted by atomic mass is 35.5. The highest BCUT2D eigenvalue weighted by Gasteiger charge is 2.21. The Morgan fingerprint density at radius 2 is 1.72 bits per heavy atom. The lowest BCUT2D eigenvalue weighted by molar-refractivity contribution is -0.883. The molecule has 150 valence electrons. The van der Waals surface area contributed by atoms with Gasteiger partial charge in [0.1, 0.15) is 0 Å². The third-order valence-electron chi connectivity index (χ3n) is 5.49. The van der Waals surface area contributed by atoms with E-state index in [4.69, 9.17) is 11.6 Å². The van der Waals surface area contributed by atoms with Gasteiger partial charge in [-0.3, -0.25) is 9.59 Å². The molecule has 1 saturated heterocycles. The molecule has 0 atom stereocenters. The summed E-state index contributed by atoms with van der Waals surface area (Å²) in [6, 6.07) is 14.8. The molecule has 1 amide bonds. The maximum absolute atomic E-state index is 12.9. The minimum atomic E-state index is -0.172. The number of piperazine rings is 1. The van der Waals surface area contributed by atoms with Crippen LogP contribution in [0.4, 0.5) is 0 Å². The van der Waals surface area contributed by atoms with Crippen LogP contribution in [0.2, 0.25) is 5.02 Å². The number of amides is 1. The first-order valence-electron chi connectivity index (χ1n) is 9.88. The summed E-state index contributed by atoms with van der Waals surface area (Å²) in [5.41, 5.74) is 1.43. The molecule has 4 rings (SSSR count). The number of rotatable bonds is 4. The average Bonchev–Trinajstić information content (AvgIpc) is 2.74. The number of nitrogens with zero attached hydrogens (tertiary/aromatic N) is 3. The first-order chi connectivity index (χ1) is 14.0. The van der Waals surface area contributed by atoms with Gasteiger partial charge in [0.2, 0.25) is 5.91 Å². The van der Waals surface area contributed by atoms with E-state index >= 15 is 0 Å².